The normalized spacial score (nSPS) is 17.1. The summed E-state index contributed by atoms with van der Waals surface area (Å²) in [5.74, 6) is 0. The van der Waals surface area contributed by atoms with E-state index in [4.69, 9.17) is 11.6 Å². The zero-order valence-electron chi connectivity index (χ0n) is 8.26. The molecule has 1 aliphatic rings. The van der Waals surface area contributed by atoms with Gasteiger partial charge in [-0.25, -0.2) is 4.98 Å². The Morgan fingerprint density at radius 2 is 2.07 bits per heavy atom. The van der Waals surface area contributed by atoms with Crippen molar-refractivity contribution in [3.8, 4) is 0 Å². The molecule has 1 aliphatic heterocycles. The fraction of sp³-hybridized carbons (Fsp3) is 0.500. The van der Waals surface area contributed by atoms with Crippen LogP contribution in [0.25, 0.3) is 0 Å². The van der Waals surface area contributed by atoms with E-state index in [0.717, 1.165) is 37.6 Å². The third kappa shape index (κ3) is 1.99. The van der Waals surface area contributed by atoms with Crippen LogP contribution in [0.4, 0.5) is 5.69 Å². The summed E-state index contributed by atoms with van der Waals surface area (Å²) >= 11 is 6.09. The number of halogens is 1. The lowest BCUT2D eigenvalue weighted by atomic mass is 10.3. The van der Waals surface area contributed by atoms with E-state index in [9.17, 15) is 0 Å². The van der Waals surface area contributed by atoms with E-state index in [0.29, 0.717) is 5.15 Å². The summed E-state index contributed by atoms with van der Waals surface area (Å²) in [5, 5.41) is 3.93. The lowest BCUT2D eigenvalue weighted by molar-refractivity contribution is 0.588. The van der Waals surface area contributed by atoms with Crippen molar-refractivity contribution in [2.24, 2.45) is 0 Å². The first-order chi connectivity index (χ1) is 6.77. The highest BCUT2D eigenvalue weighted by molar-refractivity contribution is 6.32. The SMILES string of the molecule is Cc1ccc(N2CCNCC2)c(Cl)n1. The average molecular weight is 212 g/mol. The fourth-order valence-corrected chi connectivity index (χ4v) is 1.98. The molecule has 0 aliphatic carbocycles. The van der Waals surface area contributed by atoms with Crippen molar-refractivity contribution in [3.63, 3.8) is 0 Å². The van der Waals surface area contributed by atoms with Crippen LogP contribution in [-0.4, -0.2) is 31.2 Å². The first kappa shape index (κ1) is 9.74. The number of rotatable bonds is 1. The summed E-state index contributed by atoms with van der Waals surface area (Å²) in [6.07, 6.45) is 0. The lowest BCUT2D eigenvalue weighted by Gasteiger charge is -2.29. The number of pyridine rings is 1. The maximum atomic E-state index is 6.09. The molecule has 3 nitrogen and oxygen atoms in total. The Morgan fingerprint density at radius 1 is 1.36 bits per heavy atom. The second-order valence-corrected chi connectivity index (χ2v) is 3.86. The van der Waals surface area contributed by atoms with Gasteiger partial charge in [0.1, 0.15) is 0 Å². The van der Waals surface area contributed by atoms with Gasteiger partial charge in [-0.2, -0.15) is 0 Å². The molecule has 0 atom stereocenters. The van der Waals surface area contributed by atoms with Gasteiger partial charge in [-0.3, -0.25) is 0 Å². The largest absolute Gasteiger partial charge is 0.366 e. The van der Waals surface area contributed by atoms with Gasteiger partial charge in [0, 0.05) is 31.9 Å². The molecule has 0 radical (unpaired) electrons. The lowest BCUT2D eigenvalue weighted by Crippen LogP contribution is -2.43. The predicted molar refractivity (Wildman–Crippen MR) is 59.1 cm³/mol. The van der Waals surface area contributed by atoms with E-state index in [-0.39, 0.29) is 0 Å². The molecule has 14 heavy (non-hydrogen) atoms. The molecule has 1 fully saturated rings. The van der Waals surface area contributed by atoms with Crippen LogP contribution in [0.5, 0.6) is 0 Å². The van der Waals surface area contributed by atoms with Gasteiger partial charge in [0.2, 0.25) is 0 Å². The summed E-state index contributed by atoms with van der Waals surface area (Å²) in [4.78, 5) is 6.52. The molecule has 4 heteroatoms. The number of nitrogens with one attached hydrogen (secondary N) is 1. The van der Waals surface area contributed by atoms with Crippen LogP contribution in [-0.2, 0) is 0 Å². The molecule has 1 aromatic rings. The molecular weight excluding hydrogens is 198 g/mol. The second kappa shape index (κ2) is 4.15. The minimum absolute atomic E-state index is 0.618. The van der Waals surface area contributed by atoms with Crippen LogP contribution in [0.1, 0.15) is 5.69 Å². The van der Waals surface area contributed by atoms with Crippen LogP contribution in [0, 0.1) is 6.92 Å². The number of hydrogen-bond donors (Lipinski definition) is 1. The average Bonchev–Trinajstić information content (AvgIpc) is 2.19. The summed E-state index contributed by atoms with van der Waals surface area (Å²) in [6.45, 7) is 6.00. The smallest absolute Gasteiger partial charge is 0.152 e. The zero-order chi connectivity index (χ0) is 9.97. The molecule has 0 spiro atoms. The summed E-state index contributed by atoms with van der Waals surface area (Å²) in [7, 11) is 0. The van der Waals surface area contributed by atoms with Gasteiger partial charge in [-0.1, -0.05) is 11.6 Å². The minimum atomic E-state index is 0.618. The summed E-state index contributed by atoms with van der Waals surface area (Å²) < 4.78 is 0. The van der Waals surface area contributed by atoms with Crippen molar-refractivity contribution in [1.82, 2.24) is 10.3 Å². The quantitative estimate of drug-likeness (QED) is 0.713. The summed E-state index contributed by atoms with van der Waals surface area (Å²) in [6, 6.07) is 4.05. The number of hydrogen-bond acceptors (Lipinski definition) is 3. The molecule has 1 aromatic heterocycles. The van der Waals surface area contributed by atoms with Gasteiger partial charge < -0.3 is 10.2 Å². The maximum absolute atomic E-state index is 6.09. The first-order valence-corrected chi connectivity index (χ1v) is 5.24. The maximum Gasteiger partial charge on any atom is 0.152 e. The fourth-order valence-electron chi connectivity index (χ4n) is 1.66. The van der Waals surface area contributed by atoms with E-state index < -0.39 is 0 Å². The molecule has 0 bridgehead atoms. The van der Waals surface area contributed by atoms with Gasteiger partial charge in [0.25, 0.3) is 0 Å². The molecular formula is C10H14ClN3. The number of anilines is 1. The third-order valence-corrected chi connectivity index (χ3v) is 2.70. The Kier molecular flexibility index (Phi) is 2.89. The standard InChI is InChI=1S/C10H14ClN3/c1-8-2-3-9(10(11)13-8)14-6-4-12-5-7-14/h2-3,12H,4-7H2,1H3. The molecule has 1 saturated heterocycles. The van der Waals surface area contributed by atoms with Crippen molar-refractivity contribution in [1.29, 1.82) is 0 Å². The van der Waals surface area contributed by atoms with Gasteiger partial charge in [0.15, 0.2) is 5.15 Å². The number of aryl methyl sites for hydroxylation is 1. The molecule has 1 N–H and O–H groups in total. The van der Waals surface area contributed by atoms with E-state index in [1.807, 2.05) is 13.0 Å². The van der Waals surface area contributed by atoms with Crippen LogP contribution in [0.15, 0.2) is 12.1 Å². The molecule has 0 unspecified atom stereocenters. The van der Waals surface area contributed by atoms with E-state index in [2.05, 4.69) is 21.3 Å². The molecule has 0 aromatic carbocycles. The number of aromatic nitrogens is 1. The highest BCUT2D eigenvalue weighted by Crippen LogP contribution is 2.23. The van der Waals surface area contributed by atoms with Crippen LogP contribution in [0.2, 0.25) is 5.15 Å². The van der Waals surface area contributed by atoms with Crippen molar-refractivity contribution < 1.29 is 0 Å². The van der Waals surface area contributed by atoms with Gasteiger partial charge >= 0.3 is 0 Å². The van der Waals surface area contributed by atoms with Crippen molar-refractivity contribution in [3.05, 3.63) is 23.0 Å². The molecule has 76 valence electrons. The topological polar surface area (TPSA) is 28.2 Å². The van der Waals surface area contributed by atoms with Crippen molar-refractivity contribution in [2.75, 3.05) is 31.1 Å². The first-order valence-electron chi connectivity index (χ1n) is 4.86. The summed E-state index contributed by atoms with van der Waals surface area (Å²) in [5.41, 5.74) is 2.02. The van der Waals surface area contributed by atoms with Gasteiger partial charge in [-0.15, -0.1) is 0 Å². The number of piperazine rings is 1. The van der Waals surface area contributed by atoms with Crippen LogP contribution in [0.3, 0.4) is 0 Å². The predicted octanol–water partition coefficient (Wildman–Crippen LogP) is 1.45. The zero-order valence-corrected chi connectivity index (χ0v) is 9.01. The Balaban J connectivity index is 2.22. The highest BCUT2D eigenvalue weighted by Gasteiger charge is 2.13. The van der Waals surface area contributed by atoms with Crippen LogP contribution >= 0.6 is 11.6 Å². The van der Waals surface area contributed by atoms with Crippen LogP contribution < -0.4 is 10.2 Å². The molecule has 2 heterocycles. The Hall–Kier alpha value is -0.800. The van der Waals surface area contributed by atoms with E-state index in [1.165, 1.54) is 0 Å². The molecule has 0 saturated carbocycles. The highest BCUT2D eigenvalue weighted by atomic mass is 35.5. The van der Waals surface area contributed by atoms with Crippen molar-refractivity contribution >= 4 is 17.3 Å². The Labute approximate surface area is 89.1 Å². The van der Waals surface area contributed by atoms with E-state index >= 15 is 0 Å². The monoisotopic (exact) mass is 211 g/mol. The Bertz CT molecular complexity index is 321. The van der Waals surface area contributed by atoms with E-state index in [1.54, 1.807) is 0 Å². The second-order valence-electron chi connectivity index (χ2n) is 3.50. The molecule has 2 rings (SSSR count). The number of nitrogens with zero attached hydrogens (tertiary/aromatic N) is 2. The van der Waals surface area contributed by atoms with Gasteiger partial charge in [0.05, 0.1) is 5.69 Å². The minimum Gasteiger partial charge on any atom is -0.366 e. The Morgan fingerprint density at radius 3 is 2.71 bits per heavy atom. The van der Waals surface area contributed by atoms with Gasteiger partial charge in [-0.05, 0) is 19.1 Å². The molecule has 0 amide bonds. The third-order valence-electron chi connectivity index (χ3n) is 2.43. The van der Waals surface area contributed by atoms with Crippen molar-refractivity contribution in [2.45, 2.75) is 6.92 Å².